The highest BCUT2D eigenvalue weighted by Crippen LogP contribution is 2.34. The Kier molecular flexibility index (Phi) is 8.52. The summed E-state index contributed by atoms with van der Waals surface area (Å²) in [6.45, 7) is 5.94. The van der Waals surface area contributed by atoms with Crippen molar-refractivity contribution in [2.45, 2.75) is 95.9 Å². The van der Waals surface area contributed by atoms with Gasteiger partial charge in [-0.1, -0.05) is 25.7 Å². The minimum Gasteiger partial charge on any atom is -0.460 e. The van der Waals surface area contributed by atoms with E-state index in [9.17, 15) is 20.1 Å². The third-order valence-electron chi connectivity index (χ3n) is 7.22. The summed E-state index contributed by atoms with van der Waals surface area (Å²) in [6, 6.07) is 0. The van der Waals surface area contributed by atoms with Crippen molar-refractivity contribution in [3.63, 3.8) is 0 Å². The number of anilines is 2. The zero-order valence-electron chi connectivity index (χ0n) is 21.8. The Balaban J connectivity index is 1.27. The number of aliphatic hydroxyl groups excluding tert-OH is 3. The zero-order valence-corrected chi connectivity index (χ0v) is 21.8. The normalized spacial score (nSPS) is 28.5. The topological polar surface area (TPSA) is 178 Å². The molecule has 4 rings (SSSR count). The second-order valence-electron chi connectivity index (χ2n) is 11.2. The fraction of sp³-hybridized carbons (Fsp3) is 0.760. The van der Waals surface area contributed by atoms with Gasteiger partial charge < -0.3 is 35.8 Å². The van der Waals surface area contributed by atoms with Gasteiger partial charge in [-0.05, 0) is 45.4 Å². The number of carbonyl (C=O) groups is 1. The Bertz CT molecular complexity index is 1060. The number of imidazole rings is 1. The third kappa shape index (κ3) is 6.67. The Morgan fingerprint density at radius 2 is 1.84 bits per heavy atom. The fourth-order valence-corrected chi connectivity index (χ4v) is 5.22. The molecule has 1 aliphatic heterocycles. The molecule has 3 heterocycles. The Labute approximate surface area is 216 Å². The highest BCUT2D eigenvalue weighted by atomic mass is 16.6. The number of rotatable bonds is 9. The van der Waals surface area contributed by atoms with Crippen molar-refractivity contribution in [3.05, 3.63) is 6.33 Å². The van der Waals surface area contributed by atoms with Crippen molar-refractivity contribution in [2.24, 2.45) is 11.8 Å². The van der Waals surface area contributed by atoms with Crippen LogP contribution in [0.25, 0.3) is 11.2 Å². The molecule has 1 aliphatic carbocycles. The molecule has 0 aromatic carbocycles. The molecule has 2 aromatic heterocycles. The standard InChI is InChI=1S/C25H40N6O6/c1-25(2,3)37-17(33)9-8-14-4-6-15(7-5-14)10-11-27-24-29-21(26)18-22(30-24)31(13-28-18)23-20(35)19(34)16(12-32)36-23/h13-16,19-20,23,32,34-35H,4-12H2,1-3H3,(H3,26,27,29,30)/t14?,15?,16-,19-,20-,23-/m1/s1. The fourth-order valence-electron chi connectivity index (χ4n) is 5.22. The van der Waals surface area contributed by atoms with Crippen molar-refractivity contribution in [2.75, 3.05) is 24.2 Å². The van der Waals surface area contributed by atoms with Crippen LogP contribution in [0.15, 0.2) is 6.33 Å². The number of hydrogen-bond donors (Lipinski definition) is 5. The number of fused-ring (bicyclic) bond motifs is 1. The van der Waals surface area contributed by atoms with Crippen LogP contribution in [0.5, 0.6) is 0 Å². The van der Waals surface area contributed by atoms with Gasteiger partial charge in [0.15, 0.2) is 17.7 Å². The molecule has 6 N–H and O–H groups in total. The van der Waals surface area contributed by atoms with E-state index >= 15 is 0 Å². The number of nitrogens with zero attached hydrogens (tertiary/aromatic N) is 4. The molecule has 2 aliphatic rings. The maximum atomic E-state index is 12.0. The molecule has 37 heavy (non-hydrogen) atoms. The van der Waals surface area contributed by atoms with E-state index in [2.05, 4.69) is 20.3 Å². The number of hydrogen-bond acceptors (Lipinski definition) is 11. The van der Waals surface area contributed by atoms with Crippen LogP contribution in [0.3, 0.4) is 0 Å². The molecule has 2 aromatic rings. The quantitative estimate of drug-likeness (QED) is 0.304. The second kappa shape index (κ2) is 11.5. The predicted molar refractivity (Wildman–Crippen MR) is 136 cm³/mol. The molecule has 12 heteroatoms. The zero-order chi connectivity index (χ0) is 26.7. The number of carbonyl (C=O) groups excluding carboxylic acids is 1. The molecule has 0 unspecified atom stereocenters. The summed E-state index contributed by atoms with van der Waals surface area (Å²) in [4.78, 5) is 25.1. The van der Waals surface area contributed by atoms with Crippen molar-refractivity contribution in [1.82, 2.24) is 19.5 Å². The van der Waals surface area contributed by atoms with Gasteiger partial charge in [-0.3, -0.25) is 9.36 Å². The van der Waals surface area contributed by atoms with Gasteiger partial charge in [-0.2, -0.15) is 9.97 Å². The molecule has 12 nitrogen and oxygen atoms in total. The highest BCUT2D eigenvalue weighted by molar-refractivity contribution is 5.83. The van der Waals surface area contributed by atoms with Crippen LogP contribution in [0.4, 0.5) is 11.8 Å². The summed E-state index contributed by atoms with van der Waals surface area (Å²) >= 11 is 0. The lowest BCUT2D eigenvalue weighted by Crippen LogP contribution is -2.33. The first kappa shape index (κ1) is 27.5. The minimum absolute atomic E-state index is 0.116. The summed E-state index contributed by atoms with van der Waals surface area (Å²) in [6.07, 6.45) is 3.92. The first-order valence-corrected chi connectivity index (χ1v) is 13.1. The summed E-state index contributed by atoms with van der Waals surface area (Å²) in [5, 5.41) is 33.1. The predicted octanol–water partition coefficient (Wildman–Crippen LogP) is 1.75. The van der Waals surface area contributed by atoms with Crippen molar-refractivity contribution >= 4 is 28.9 Å². The van der Waals surface area contributed by atoms with Crippen molar-refractivity contribution in [1.29, 1.82) is 0 Å². The van der Waals surface area contributed by atoms with E-state index in [0.717, 1.165) is 38.5 Å². The number of aliphatic hydroxyl groups is 3. The van der Waals surface area contributed by atoms with Crippen LogP contribution < -0.4 is 11.1 Å². The van der Waals surface area contributed by atoms with Gasteiger partial charge in [0.05, 0.1) is 12.9 Å². The van der Waals surface area contributed by atoms with Crippen LogP contribution in [0.1, 0.15) is 71.9 Å². The van der Waals surface area contributed by atoms with E-state index in [0.29, 0.717) is 41.9 Å². The monoisotopic (exact) mass is 520 g/mol. The average Bonchev–Trinajstić information content (AvgIpc) is 3.38. The number of ether oxygens (including phenoxy) is 2. The molecule has 4 atom stereocenters. The maximum Gasteiger partial charge on any atom is 0.306 e. The summed E-state index contributed by atoms with van der Waals surface area (Å²) in [5.41, 5.74) is 6.41. The van der Waals surface area contributed by atoms with Crippen LogP contribution in [0.2, 0.25) is 0 Å². The first-order valence-electron chi connectivity index (χ1n) is 13.1. The summed E-state index contributed by atoms with van der Waals surface area (Å²) < 4.78 is 12.5. The van der Waals surface area contributed by atoms with E-state index in [1.807, 2.05) is 20.8 Å². The Morgan fingerprint density at radius 3 is 2.46 bits per heavy atom. The SMILES string of the molecule is CC(C)(C)OC(=O)CCC1CCC(CCNc2nc(N)c3ncn([C@@H]4O[C@H](CO)[C@@H](O)[C@H]4O)c3n2)CC1. The van der Waals surface area contributed by atoms with E-state index in [1.54, 1.807) is 0 Å². The molecule has 1 saturated heterocycles. The number of aromatic nitrogens is 4. The van der Waals surface area contributed by atoms with Crippen molar-refractivity contribution < 1.29 is 29.6 Å². The van der Waals surface area contributed by atoms with Gasteiger partial charge in [0, 0.05) is 13.0 Å². The van der Waals surface area contributed by atoms with Gasteiger partial charge >= 0.3 is 5.97 Å². The summed E-state index contributed by atoms with van der Waals surface area (Å²) in [5.74, 6) is 1.60. The van der Waals surface area contributed by atoms with Gasteiger partial charge in [0.2, 0.25) is 5.95 Å². The van der Waals surface area contributed by atoms with Crippen LogP contribution in [-0.2, 0) is 14.3 Å². The van der Waals surface area contributed by atoms with Crippen molar-refractivity contribution in [3.8, 4) is 0 Å². The number of nitrogens with two attached hydrogens (primary N) is 1. The van der Waals surface area contributed by atoms with Gasteiger partial charge in [0.1, 0.15) is 29.4 Å². The third-order valence-corrected chi connectivity index (χ3v) is 7.22. The highest BCUT2D eigenvalue weighted by Gasteiger charge is 2.44. The average molecular weight is 521 g/mol. The lowest BCUT2D eigenvalue weighted by molar-refractivity contribution is -0.155. The van der Waals surface area contributed by atoms with Crippen LogP contribution in [0, 0.1) is 11.8 Å². The second-order valence-corrected chi connectivity index (χ2v) is 11.2. The molecule has 0 radical (unpaired) electrons. The van der Waals surface area contributed by atoms with E-state index in [-0.39, 0.29) is 11.8 Å². The van der Waals surface area contributed by atoms with Crippen LogP contribution in [-0.4, -0.2) is 77.9 Å². The Morgan fingerprint density at radius 1 is 1.16 bits per heavy atom. The Hall–Kier alpha value is -2.54. The van der Waals surface area contributed by atoms with E-state index in [1.165, 1.54) is 10.9 Å². The molecule has 0 amide bonds. The first-order chi connectivity index (χ1) is 17.6. The lowest BCUT2D eigenvalue weighted by atomic mass is 9.79. The molecule has 2 fully saturated rings. The molecule has 0 spiro atoms. The van der Waals surface area contributed by atoms with E-state index in [4.69, 9.17) is 15.2 Å². The number of nitrogens with one attached hydrogen (secondary N) is 1. The van der Waals surface area contributed by atoms with Crippen LogP contribution >= 0.6 is 0 Å². The van der Waals surface area contributed by atoms with E-state index < -0.39 is 36.7 Å². The minimum atomic E-state index is -1.25. The number of nitrogen functional groups attached to an aromatic ring is 1. The molecular weight excluding hydrogens is 480 g/mol. The molecule has 1 saturated carbocycles. The maximum absolute atomic E-state index is 12.0. The van der Waals surface area contributed by atoms with Gasteiger partial charge in [-0.15, -0.1) is 0 Å². The molecular formula is C25H40N6O6. The summed E-state index contributed by atoms with van der Waals surface area (Å²) in [7, 11) is 0. The largest absolute Gasteiger partial charge is 0.460 e. The number of esters is 1. The lowest BCUT2D eigenvalue weighted by Gasteiger charge is -2.28. The van der Waals surface area contributed by atoms with Gasteiger partial charge in [-0.25, -0.2) is 4.98 Å². The molecule has 206 valence electrons. The van der Waals surface area contributed by atoms with Gasteiger partial charge in [0.25, 0.3) is 0 Å². The molecule has 0 bridgehead atoms. The smallest absolute Gasteiger partial charge is 0.306 e.